The minimum atomic E-state index is -0.123. The van der Waals surface area contributed by atoms with Crippen molar-refractivity contribution in [2.24, 2.45) is 0 Å². The van der Waals surface area contributed by atoms with Crippen molar-refractivity contribution >= 4 is 45.9 Å². The predicted octanol–water partition coefficient (Wildman–Crippen LogP) is 5.35. The summed E-state index contributed by atoms with van der Waals surface area (Å²) in [5.41, 5.74) is 3.54. The van der Waals surface area contributed by atoms with E-state index in [0.29, 0.717) is 21.7 Å². The van der Waals surface area contributed by atoms with Gasteiger partial charge in [0.1, 0.15) is 5.69 Å². The van der Waals surface area contributed by atoms with Crippen LogP contribution in [0.3, 0.4) is 0 Å². The van der Waals surface area contributed by atoms with E-state index in [1.165, 1.54) is 4.90 Å². The van der Waals surface area contributed by atoms with Gasteiger partial charge >= 0.3 is 0 Å². The Kier molecular flexibility index (Phi) is 3.82. The van der Waals surface area contributed by atoms with E-state index >= 15 is 0 Å². The fourth-order valence-electron chi connectivity index (χ4n) is 3.18. The van der Waals surface area contributed by atoms with Crippen LogP contribution in [0.4, 0.5) is 5.69 Å². The van der Waals surface area contributed by atoms with E-state index in [-0.39, 0.29) is 5.91 Å². The molecule has 1 aliphatic rings. The van der Waals surface area contributed by atoms with E-state index in [4.69, 9.17) is 11.6 Å². The molecule has 1 N–H and O–H groups in total. The molecule has 3 aromatic rings. The van der Waals surface area contributed by atoms with Crippen LogP contribution in [0.15, 0.2) is 47.4 Å². The third kappa shape index (κ3) is 2.60. The second-order valence-corrected chi connectivity index (χ2v) is 8.09. The van der Waals surface area contributed by atoms with Gasteiger partial charge in [0.15, 0.2) is 0 Å². The third-order valence-corrected chi connectivity index (χ3v) is 5.70. The fraction of sp³-hybridized carbons (Fsp3) is 0.211. The Hall–Kier alpha value is -1.91. The van der Waals surface area contributed by atoms with E-state index in [0.717, 1.165) is 23.0 Å². The van der Waals surface area contributed by atoms with Crippen LogP contribution in [0, 0.1) is 6.92 Å². The monoisotopic (exact) mass is 356 g/mol. The van der Waals surface area contributed by atoms with Crippen molar-refractivity contribution in [3.05, 3.63) is 58.7 Å². The van der Waals surface area contributed by atoms with Gasteiger partial charge in [0.25, 0.3) is 5.91 Å². The van der Waals surface area contributed by atoms with Crippen LogP contribution in [-0.2, 0) is 6.54 Å². The quantitative estimate of drug-likeness (QED) is 0.671. The van der Waals surface area contributed by atoms with Crippen LogP contribution in [-0.4, -0.2) is 15.7 Å². The van der Waals surface area contributed by atoms with Crippen LogP contribution in [0.5, 0.6) is 0 Å². The number of carbonyl (C=O) groups is 1. The SMILES string of the molecule is Cc1ccc(NC(=O)c2cc3cccc4c3n2C[C@H](C)S4)c(Cl)c1. The largest absolute Gasteiger partial charge is 0.334 e. The van der Waals surface area contributed by atoms with Crippen LogP contribution < -0.4 is 5.32 Å². The zero-order valence-electron chi connectivity index (χ0n) is 13.5. The van der Waals surface area contributed by atoms with Gasteiger partial charge in [-0.15, -0.1) is 11.8 Å². The van der Waals surface area contributed by atoms with E-state index in [9.17, 15) is 4.79 Å². The molecule has 0 saturated heterocycles. The molecule has 24 heavy (non-hydrogen) atoms. The highest BCUT2D eigenvalue weighted by molar-refractivity contribution is 8.00. The van der Waals surface area contributed by atoms with Gasteiger partial charge in [-0.3, -0.25) is 4.79 Å². The minimum absolute atomic E-state index is 0.123. The molecule has 1 atom stereocenters. The first kappa shape index (κ1) is 15.6. The number of carbonyl (C=O) groups excluding carboxylic acids is 1. The molecule has 1 amide bonds. The molecule has 5 heteroatoms. The number of hydrogen-bond acceptors (Lipinski definition) is 2. The van der Waals surface area contributed by atoms with Gasteiger partial charge in [-0.1, -0.05) is 36.7 Å². The Morgan fingerprint density at radius 2 is 2.12 bits per heavy atom. The molecule has 0 radical (unpaired) electrons. The summed E-state index contributed by atoms with van der Waals surface area (Å²) in [5.74, 6) is -0.123. The molecule has 3 nitrogen and oxygen atoms in total. The first-order valence-corrected chi connectivity index (χ1v) is 9.15. The second-order valence-electron chi connectivity index (χ2n) is 6.20. The molecule has 1 aliphatic heterocycles. The van der Waals surface area contributed by atoms with Gasteiger partial charge in [-0.2, -0.15) is 0 Å². The molecular weight excluding hydrogens is 340 g/mol. The molecule has 0 fully saturated rings. The van der Waals surface area contributed by atoms with Gasteiger partial charge in [0.05, 0.1) is 16.2 Å². The first-order chi connectivity index (χ1) is 11.5. The maximum Gasteiger partial charge on any atom is 0.272 e. The normalized spacial score (nSPS) is 16.4. The second kappa shape index (κ2) is 5.87. The smallest absolute Gasteiger partial charge is 0.272 e. The lowest BCUT2D eigenvalue weighted by Crippen LogP contribution is -2.22. The van der Waals surface area contributed by atoms with Crippen LogP contribution in [0.2, 0.25) is 5.02 Å². The number of thioether (sulfide) groups is 1. The molecular formula is C19H17ClN2OS. The topological polar surface area (TPSA) is 34.0 Å². The maximum absolute atomic E-state index is 12.8. The fourth-order valence-corrected chi connectivity index (χ4v) is 4.62. The zero-order valence-corrected chi connectivity index (χ0v) is 15.0. The summed E-state index contributed by atoms with van der Waals surface area (Å²) in [5, 5.41) is 5.05. The lowest BCUT2D eigenvalue weighted by molar-refractivity contribution is 0.101. The highest BCUT2D eigenvalue weighted by atomic mass is 35.5. The summed E-state index contributed by atoms with van der Waals surface area (Å²) < 4.78 is 2.13. The Morgan fingerprint density at radius 3 is 2.92 bits per heavy atom. The number of amides is 1. The maximum atomic E-state index is 12.8. The highest BCUT2D eigenvalue weighted by Crippen LogP contribution is 2.38. The molecule has 2 aromatic carbocycles. The van der Waals surface area contributed by atoms with Crippen LogP contribution >= 0.6 is 23.4 Å². The number of rotatable bonds is 2. The van der Waals surface area contributed by atoms with E-state index < -0.39 is 0 Å². The molecule has 122 valence electrons. The number of nitrogens with one attached hydrogen (secondary N) is 1. The lowest BCUT2D eigenvalue weighted by atomic mass is 10.2. The lowest BCUT2D eigenvalue weighted by Gasteiger charge is -2.22. The summed E-state index contributed by atoms with van der Waals surface area (Å²) in [7, 11) is 0. The summed E-state index contributed by atoms with van der Waals surface area (Å²) in [6.45, 7) is 4.99. The Labute approximate surface area is 150 Å². The van der Waals surface area contributed by atoms with Gasteiger partial charge < -0.3 is 9.88 Å². The molecule has 0 bridgehead atoms. The highest BCUT2D eigenvalue weighted by Gasteiger charge is 2.24. The molecule has 1 aromatic heterocycles. The number of nitrogens with zero attached hydrogens (tertiary/aromatic N) is 1. The van der Waals surface area contributed by atoms with Gasteiger partial charge in [-0.05, 0) is 36.8 Å². The molecule has 2 heterocycles. The number of para-hydroxylation sites is 1. The first-order valence-electron chi connectivity index (χ1n) is 7.89. The predicted molar refractivity (Wildman–Crippen MR) is 101 cm³/mol. The van der Waals surface area contributed by atoms with E-state index in [2.05, 4.69) is 28.9 Å². The van der Waals surface area contributed by atoms with Gasteiger partial charge in [0.2, 0.25) is 0 Å². The van der Waals surface area contributed by atoms with Crippen molar-refractivity contribution in [2.45, 2.75) is 30.5 Å². The Balaban J connectivity index is 1.76. The average Bonchev–Trinajstić information content (AvgIpc) is 2.90. The molecule has 0 saturated carbocycles. The molecule has 0 aliphatic carbocycles. The zero-order chi connectivity index (χ0) is 16.8. The van der Waals surface area contributed by atoms with Crippen molar-refractivity contribution < 1.29 is 4.79 Å². The van der Waals surface area contributed by atoms with Crippen LogP contribution in [0.1, 0.15) is 23.0 Å². The third-order valence-electron chi connectivity index (χ3n) is 4.26. The van der Waals surface area contributed by atoms with E-state index in [1.807, 2.05) is 49.0 Å². The number of halogens is 1. The minimum Gasteiger partial charge on any atom is -0.334 e. The molecule has 4 rings (SSSR count). The van der Waals surface area contributed by atoms with Crippen molar-refractivity contribution in [1.29, 1.82) is 0 Å². The van der Waals surface area contributed by atoms with Crippen molar-refractivity contribution in [3.8, 4) is 0 Å². The van der Waals surface area contributed by atoms with E-state index in [1.54, 1.807) is 0 Å². The standard InChI is InChI=1S/C19H17ClN2OS/c1-11-6-7-15(14(20)8-11)21-19(23)16-9-13-4-3-5-17-18(13)22(16)10-12(2)24-17/h3-9,12H,10H2,1-2H3,(H,21,23)/t12-/m0/s1. The van der Waals surface area contributed by atoms with Gasteiger partial charge in [-0.25, -0.2) is 0 Å². The molecule has 0 unspecified atom stereocenters. The molecule has 0 spiro atoms. The van der Waals surface area contributed by atoms with Gasteiger partial charge in [0, 0.05) is 22.1 Å². The Bertz CT molecular complexity index is 963. The average molecular weight is 357 g/mol. The summed E-state index contributed by atoms with van der Waals surface area (Å²) in [6, 6.07) is 13.8. The summed E-state index contributed by atoms with van der Waals surface area (Å²) in [4.78, 5) is 14.1. The number of aryl methyl sites for hydroxylation is 1. The number of anilines is 1. The van der Waals surface area contributed by atoms with Crippen molar-refractivity contribution in [1.82, 2.24) is 4.57 Å². The van der Waals surface area contributed by atoms with Crippen molar-refractivity contribution in [3.63, 3.8) is 0 Å². The van der Waals surface area contributed by atoms with Crippen LogP contribution in [0.25, 0.3) is 10.9 Å². The number of hydrogen-bond donors (Lipinski definition) is 1. The summed E-state index contributed by atoms with van der Waals surface area (Å²) in [6.07, 6.45) is 0. The number of aromatic nitrogens is 1. The van der Waals surface area contributed by atoms with Crippen molar-refractivity contribution in [2.75, 3.05) is 5.32 Å². The summed E-state index contributed by atoms with van der Waals surface area (Å²) >= 11 is 8.11. The number of benzene rings is 2. The Morgan fingerprint density at radius 1 is 1.29 bits per heavy atom.